The maximum absolute atomic E-state index is 10.8. The Bertz CT molecular complexity index is 512. The van der Waals surface area contributed by atoms with Crippen LogP contribution in [0.2, 0.25) is 0 Å². The van der Waals surface area contributed by atoms with Crippen molar-refractivity contribution in [2.75, 3.05) is 0 Å². The maximum Gasteiger partial charge on any atom is 0 e. The number of fused-ring (bicyclic) bond motifs is 1. The van der Waals surface area contributed by atoms with Crippen LogP contribution < -0.4 is 0 Å². The first-order chi connectivity index (χ1) is 8.02. The van der Waals surface area contributed by atoms with Crippen molar-refractivity contribution < 1.29 is 37.6 Å². The van der Waals surface area contributed by atoms with Crippen LogP contribution in [0.3, 0.4) is 0 Å². The summed E-state index contributed by atoms with van der Waals surface area (Å²) in [6, 6.07) is 12.7. The first-order valence-corrected chi connectivity index (χ1v) is 8.67. The van der Waals surface area contributed by atoms with E-state index in [2.05, 4.69) is 0 Å². The summed E-state index contributed by atoms with van der Waals surface area (Å²) in [6.07, 6.45) is 0. The molecule has 2 aromatic carbocycles. The van der Waals surface area contributed by atoms with E-state index >= 15 is 0 Å². The van der Waals surface area contributed by atoms with Crippen molar-refractivity contribution in [2.24, 2.45) is 0 Å². The van der Waals surface area contributed by atoms with Gasteiger partial charge in [-0.2, -0.15) is 0 Å². The molecule has 0 amide bonds. The van der Waals surface area contributed by atoms with Gasteiger partial charge in [0.15, 0.2) is 0 Å². The zero-order valence-electron chi connectivity index (χ0n) is 8.70. The Morgan fingerprint density at radius 1 is 1.00 bits per heavy atom. The SMILES string of the molecule is O=C(O)c1cccc2ccccc12.[Cl][Co]([Cl])[Cl].[Co]. The third-order valence-corrected chi connectivity index (χ3v) is 2.02. The van der Waals surface area contributed by atoms with Gasteiger partial charge in [-0.05, 0) is 16.8 Å². The van der Waals surface area contributed by atoms with Crippen LogP contribution in [0.4, 0.5) is 0 Å². The quantitative estimate of drug-likeness (QED) is 0.765. The minimum absolute atomic E-state index is 0. The summed E-state index contributed by atoms with van der Waals surface area (Å²) in [4.78, 5) is 10.8. The number of hydrogen-bond donors (Lipinski definition) is 1. The van der Waals surface area contributed by atoms with Crippen molar-refractivity contribution in [3.05, 3.63) is 48.0 Å². The van der Waals surface area contributed by atoms with E-state index in [0.717, 1.165) is 10.8 Å². The second-order valence-electron chi connectivity index (χ2n) is 2.97. The average molecular weight is 396 g/mol. The molecule has 2 aromatic rings. The van der Waals surface area contributed by atoms with Gasteiger partial charge in [-0.1, -0.05) is 36.4 Å². The van der Waals surface area contributed by atoms with Gasteiger partial charge in [-0.15, -0.1) is 0 Å². The number of benzene rings is 2. The van der Waals surface area contributed by atoms with Crippen LogP contribution in [0.1, 0.15) is 10.4 Å². The van der Waals surface area contributed by atoms with Crippen molar-refractivity contribution in [3.8, 4) is 0 Å². The van der Waals surface area contributed by atoms with Gasteiger partial charge in [-0.25, -0.2) is 4.79 Å². The van der Waals surface area contributed by atoms with E-state index in [1.54, 1.807) is 12.1 Å². The van der Waals surface area contributed by atoms with Gasteiger partial charge < -0.3 is 5.11 Å². The number of halogens is 3. The molecule has 2 nitrogen and oxygen atoms in total. The molecule has 0 saturated carbocycles. The Balaban J connectivity index is 0.000000512. The Labute approximate surface area is 132 Å². The van der Waals surface area contributed by atoms with Crippen LogP contribution in [0, 0.1) is 0 Å². The zero-order chi connectivity index (χ0) is 12.8. The van der Waals surface area contributed by atoms with Gasteiger partial charge in [0.1, 0.15) is 0 Å². The third-order valence-electron chi connectivity index (χ3n) is 2.02. The number of aromatic carboxylic acids is 1. The summed E-state index contributed by atoms with van der Waals surface area (Å²) < 4.78 is 0. The van der Waals surface area contributed by atoms with Crippen molar-refractivity contribution >= 4 is 47.2 Å². The number of carboxylic acids is 1. The Morgan fingerprint density at radius 2 is 1.50 bits per heavy atom. The van der Waals surface area contributed by atoms with E-state index < -0.39 is 16.9 Å². The van der Waals surface area contributed by atoms with Gasteiger partial charge in [0, 0.05) is 16.8 Å². The Morgan fingerprint density at radius 3 is 2.06 bits per heavy atom. The van der Waals surface area contributed by atoms with Crippen molar-refractivity contribution in [2.45, 2.75) is 0 Å². The molecule has 0 heterocycles. The number of carbonyl (C=O) groups is 1. The van der Waals surface area contributed by atoms with Crippen LogP contribution in [0.25, 0.3) is 10.8 Å². The van der Waals surface area contributed by atoms with Gasteiger partial charge in [-0.3, -0.25) is 0 Å². The largest absolute Gasteiger partial charge is 0 e. The van der Waals surface area contributed by atoms with Crippen molar-refractivity contribution in [1.29, 1.82) is 0 Å². The van der Waals surface area contributed by atoms with E-state index in [4.69, 9.17) is 35.5 Å². The smallest absolute Gasteiger partial charge is 0 e. The van der Waals surface area contributed by atoms with Gasteiger partial charge in [0.25, 0.3) is 0 Å². The molecule has 0 unspecified atom stereocenters. The van der Waals surface area contributed by atoms with E-state index in [1.807, 2.05) is 30.3 Å². The monoisotopic (exact) mass is 395 g/mol. The summed E-state index contributed by atoms with van der Waals surface area (Å²) in [5, 5.41) is 10.6. The fraction of sp³-hybridized carbons (Fsp3) is 0. The topological polar surface area (TPSA) is 37.3 Å². The van der Waals surface area contributed by atoms with E-state index in [1.165, 1.54) is 0 Å². The van der Waals surface area contributed by atoms with Crippen molar-refractivity contribution in [1.82, 2.24) is 0 Å². The van der Waals surface area contributed by atoms with Crippen LogP contribution in [-0.4, -0.2) is 11.1 Å². The summed E-state index contributed by atoms with van der Waals surface area (Å²) >= 11 is 0. The zero-order valence-corrected chi connectivity index (χ0v) is 13.0. The summed E-state index contributed by atoms with van der Waals surface area (Å²) in [7, 11) is 13.4. The fourth-order valence-corrected chi connectivity index (χ4v) is 1.41. The molecule has 0 aliphatic carbocycles. The predicted octanol–water partition coefficient (Wildman–Crippen LogP) is 4.60. The van der Waals surface area contributed by atoms with E-state index in [-0.39, 0.29) is 16.8 Å². The number of rotatable bonds is 1. The maximum atomic E-state index is 10.8. The Kier molecular flexibility index (Phi) is 9.06. The molecule has 0 aliphatic heterocycles. The van der Waals surface area contributed by atoms with Crippen LogP contribution in [0.5, 0.6) is 0 Å². The second-order valence-corrected chi connectivity index (χ2v) is 8.13. The molecule has 1 radical (unpaired) electrons. The first kappa shape index (κ1) is 18.1. The van der Waals surface area contributed by atoms with Gasteiger partial charge in [0.2, 0.25) is 0 Å². The minimum atomic E-state index is -1.19. The Hall–Kier alpha value is 0.0530. The molecule has 2 rings (SSSR count). The fourth-order valence-electron chi connectivity index (χ4n) is 1.41. The molecule has 0 saturated heterocycles. The molecule has 0 fully saturated rings. The normalized spacial score (nSPS) is 9.83. The predicted molar refractivity (Wildman–Crippen MR) is 68.5 cm³/mol. The average Bonchev–Trinajstić information content (AvgIpc) is 2.27. The van der Waals surface area contributed by atoms with E-state index in [0.29, 0.717) is 5.56 Å². The van der Waals surface area contributed by atoms with E-state index in [9.17, 15) is 4.79 Å². The minimum Gasteiger partial charge on any atom is 0 e. The van der Waals surface area contributed by atoms with Gasteiger partial charge in [0.05, 0.1) is 5.56 Å². The molecular formula is C11H8Cl3Co2O2. The molecule has 0 bridgehead atoms. The van der Waals surface area contributed by atoms with Crippen molar-refractivity contribution in [3.63, 3.8) is 0 Å². The molecule has 0 atom stereocenters. The van der Waals surface area contributed by atoms with Crippen LogP contribution in [-0.2, 0) is 27.7 Å². The second kappa shape index (κ2) is 9.04. The third kappa shape index (κ3) is 5.80. The van der Waals surface area contributed by atoms with Gasteiger partial charge >= 0.3 is 47.4 Å². The summed E-state index contributed by atoms with van der Waals surface area (Å²) in [5.74, 6) is -0.878. The van der Waals surface area contributed by atoms with Crippen LogP contribution in [0.15, 0.2) is 42.5 Å². The summed E-state index contributed by atoms with van der Waals surface area (Å²) in [5.41, 5.74) is 0.359. The molecule has 0 aliphatic rings. The molecule has 18 heavy (non-hydrogen) atoms. The number of carboxylic acid groups (broad SMARTS) is 1. The molecule has 0 aromatic heterocycles. The molecule has 7 heteroatoms. The molecule has 1 N–H and O–H groups in total. The standard InChI is InChI=1S/C11H8O2.3ClH.2Co/c12-11(13)10-7-3-5-8-4-1-2-6-9(8)10;;;;;/h1-7H,(H,12,13);3*1H;;/q;;;;;+3/p-3. The first-order valence-electron chi connectivity index (χ1n) is 4.38. The molecule has 0 spiro atoms. The summed E-state index contributed by atoms with van der Waals surface area (Å²) in [6.45, 7) is 0. The number of hydrogen-bond acceptors (Lipinski definition) is 1. The molecular weight excluding hydrogens is 388 g/mol. The molecule has 103 valence electrons. The van der Waals surface area contributed by atoms with Crippen LogP contribution >= 0.6 is 30.4 Å².